The Bertz CT molecular complexity index is 535. The number of carboxylic acids is 1. The van der Waals surface area contributed by atoms with E-state index in [2.05, 4.69) is 4.90 Å². The van der Waals surface area contributed by atoms with Crippen molar-refractivity contribution < 1.29 is 19.4 Å². The Morgan fingerprint density at radius 1 is 1.30 bits per heavy atom. The predicted octanol–water partition coefficient (Wildman–Crippen LogP) is 2.05. The van der Waals surface area contributed by atoms with Crippen LogP contribution in [-0.4, -0.2) is 59.7 Å². The minimum atomic E-state index is -0.861. The summed E-state index contributed by atoms with van der Waals surface area (Å²) >= 11 is 0. The Labute approximate surface area is 136 Å². The monoisotopic (exact) mass is 320 g/mol. The SMILES string of the molecule is CCN(C)C1CC(C(=O)O)CN(C(=O)OCc2ccccc2)C1. The van der Waals surface area contributed by atoms with Crippen molar-refractivity contribution in [3.05, 3.63) is 35.9 Å². The van der Waals surface area contributed by atoms with Crippen LogP contribution in [0.4, 0.5) is 4.79 Å². The lowest BCUT2D eigenvalue weighted by Gasteiger charge is -2.39. The third kappa shape index (κ3) is 4.69. The standard InChI is InChI=1S/C17H24N2O4/c1-3-18(2)15-9-14(16(20)21)10-19(11-15)17(22)23-12-13-7-5-4-6-8-13/h4-8,14-15H,3,9-12H2,1-2H3,(H,20,21). The van der Waals surface area contributed by atoms with E-state index in [1.165, 1.54) is 4.90 Å². The number of piperidine rings is 1. The zero-order chi connectivity index (χ0) is 16.8. The first-order chi connectivity index (χ1) is 11.0. The molecule has 6 nitrogen and oxygen atoms in total. The number of hydrogen-bond donors (Lipinski definition) is 1. The van der Waals surface area contributed by atoms with Crippen LogP contribution >= 0.6 is 0 Å². The van der Waals surface area contributed by atoms with Crippen molar-refractivity contribution >= 4 is 12.1 Å². The van der Waals surface area contributed by atoms with Crippen LogP contribution in [0.3, 0.4) is 0 Å². The van der Waals surface area contributed by atoms with E-state index in [0.717, 1.165) is 12.1 Å². The maximum absolute atomic E-state index is 12.3. The Kier molecular flexibility index (Phi) is 5.98. The lowest BCUT2D eigenvalue weighted by atomic mass is 9.94. The van der Waals surface area contributed by atoms with Gasteiger partial charge in [-0.3, -0.25) is 4.79 Å². The van der Waals surface area contributed by atoms with E-state index in [-0.39, 0.29) is 19.2 Å². The van der Waals surface area contributed by atoms with Gasteiger partial charge in [-0.1, -0.05) is 37.3 Å². The number of carboxylic acid groups (broad SMARTS) is 1. The van der Waals surface area contributed by atoms with Crippen molar-refractivity contribution in [2.45, 2.75) is 26.0 Å². The molecule has 126 valence electrons. The van der Waals surface area contributed by atoms with Gasteiger partial charge in [0.25, 0.3) is 0 Å². The number of carbonyl (C=O) groups excluding carboxylic acids is 1. The molecule has 1 aromatic carbocycles. The van der Waals surface area contributed by atoms with Crippen LogP contribution < -0.4 is 0 Å². The molecule has 0 aliphatic carbocycles. The molecule has 1 heterocycles. The zero-order valence-electron chi connectivity index (χ0n) is 13.6. The van der Waals surface area contributed by atoms with Crippen LogP contribution in [0.25, 0.3) is 0 Å². The first-order valence-corrected chi connectivity index (χ1v) is 7.90. The number of rotatable bonds is 5. The van der Waals surface area contributed by atoms with Gasteiger partial charge in [0.15, 0.2) is 0 Å². The van der Waals surface area contributed by atoms with Crippen LogP contribution in [0.15, 0.2) is 30.3 Å². The third-order valence-corrected chi connectivity index (χ3v) is 4.36. The minimum absolute atomic E-state index is 0.0409. The molecule has 0 bridgehead atoms. The van der Waals surface area contributed by atoms with Crippen molar-refractivity contribution in [2.24, 2.45) is 5.92 Å². The highest BCUT2D eigenvalue weighted by atomic mass is 16.6. The van der Waals surface area contributed by atoms with Gasteiger partial charge in [-0.15, -0.1) is 0 Å². The van der Waals surface area contributed by atoms with E-state index >= 15 is 0 Å². The second-order valence-electron chi connectivity index (χ2n) is 5.94. The highest BCUT2D eigenvalue weighted by Gasteiger charge is 2.35. The fraction of sp³-hybridized carbons (Fsp3) is 0.529. The third-order valence-electron chi connectivity index (χ3n) is 4.36. The van der Waals surface area contributed by atoms with Gasteiger partial charge in [0.1, 0.15) is 6.61 Å². The number of likely N-dealkylation sites (N-methyl/N-ethyl adjacent to an activating group) is 1. The average Bonchev–Trinajstić information content (AvgIpc) is 2.59. The van der Waals surface area contributed by atoms with Crippen molar-refractivity contribution in [1.82, 2.24) is 9.80 Å². The molecule has 1 amide bonds. The van der Waals surface area contributed by atoms with Crippen LogP contribution in [0.1, 0.15) is 18.9 Å². The molecule has 2 unspecified atom stereocenters. The maximum Gasteiger partial charge on any atom is 0.410 e. The lowest BCUT2D eigenvalue weighted by Crippen LogP contribution is -2.53. The van der Waals surface area contributed by atoms with Crippen molar-refractivity contribution in [3.8, 4) is 0 Å². The summed E-state index contributed by atoms with van der Waals surface area (Å²) in [6.45, 7) is 3.73. The fourth-order valence-corrected chi connectivity index (χ4v) is 2.79. The first kappa shape index (κ1) is 17.3. The molecule has 0 saturated carbocycles. The number of nitrogens with zero attached hydrogens (tertiary/aromatic N) is 2. The molecule has 0 radical (unpaired) electrons. The van der Waals surface area contributed by atoms with E-state index in [0.29, 0.717) is 13.0 Å². The zero-order valence-corrected chi connectivity index (χ0v) is 13.6. The van der Waals surface area contributed by atoms with Crippen LogP contribution in [-0.2, 0) is 16.1 Å². The second kappa shape index (κ2) is 7.97. The Balaban J connectivity index is 1.98. The topological polar surface area (TPSA) is 70.1 Å². The second-order valence-corrected chi connectivity index (χ2v) is 5.94. The van der Waals surface area contributed by atoms with Gasteiger partial charge >= 0.3 is 12.1 Å². The smallest absolute Gasteiger partial charge is 0.410 e. The van der Waals surface area contributed by atoms with Crippen molar-refractivity contribution in [3.63, 3.8) is 0 Å². The van der Waals surface area contributed by atoms with Gasteiger partial charge in [0.05, 0.1) is 5.92 Å². The van der Waals surface area contributed by atoms with Gasteiger partial charge < -0.3 is 19.6 Å². The van der Waals surface area contributed by atoms with Gasteiger partial charge in [-0.25, -0.2) is 4.79 Å². The molecular formula is C17H24N2O4. The molecular weight excluding hydrogens is 296 g/mol. The van der Waals surface area contributed by atoms with Gasteiger partial charge in [-0.2, -0.15) is 0 Å². The van der Waals surface area contributed by atoms with E-state index in [9.17, 15) is 14.7 Å². The molecule has 1 N–H and O–H groups in total. The highest BCUT2D eigenvalue weighted by molar-refractivity contribution is 5.73. The van der Waals surface area contributed by atoms with E-state index in [1.54, 1.807) is 0 Å². The van der Waals surface area contributed by atoms with E-state index in [1.807, 2.05) is 44.3 Å². The fourth-order valence-electron chi connectivity index (χ4n) is 2.79. The normalized spacial score (nSPS) is 21.3. The summed E-state index contributed by atoms with van der Waals surface area (Å²) in [6.07, 6.45) is 0.108. The average molecular weight is 320 g/mol. The summed E-state index contributed by atoms with van der Waals surface area (Å²) in [4.78, 5) is 27.2. The Hall–Kier alpha value is -2.08. The van der Waals surface area contributed by atoms with Crippen LogP contribution in [0.5, 0.6) is 0 Å². The molecule has 1 fully saturated rings. The molecule has 1 saturated heterocycles. The van der Waals surface area contributed by atoms with Crippen molar-refractivity contribution in [2.75, 3.05) is 26.7 Å². The molecule has 2 atom stereocenters. The van der Waals surface area contributed by atoms with Crippen LogP contribution in [0.2, 0.25) is 0 Å². The predicted molar refractivity (Wildman–Crippen MR) is 86.0 cm³/mol. The van der Waals surface area contributed by atoms with Crippen molar-refractivity contribution in [1.29, 1.82) is 0 Å². The molecule has 2 rings (SSSR count). The number of aliphatic carboxylic acids is 1. The number of ether oxygens (including phenoxy) is 1. The summed E-state index contributed by atoms with van der Waals surface area (Å²) in [6, 6.07) is 9.49. The molecule has 1 aliphatic heterocycles. The van der Waals surface area contributed by atoms with Gasteiger partial charge in [-0.05, 0) is 25.6 Å². The molecule has 1 aromatic rings. The summed E-state index contributed by atoms with van der Waals surface area (Å²) in [5, 5.41) is 9.32. The largest absolute Gasteiger partial charge is 0.481 e. The molecule has 1 aliphatic rings. The number of carbonyl (C=O) groups is 2. The number of hydrogen-bond acceptors (Lipinski definition) is 4. The molecule has 6 heteroatoms. The maximum atomic E-state index is 12.3. The summed E-state index contributed by atoms with van der Waals surface area (Å²) in [5.74, 6) is -1.41. The van der Waals surface area contributed by atoms with Gasteiger partial charge in [0.2, 0.25) is 0 Å². The number of benzene rings is 1. The number of amides is 1. The lowest BCUT2D eigenvalue weighted by molar-refractivity contribution is -0.144. The quantitative estimate of drug-likeness (QED) is 0.899. The van der Waals surface area contributed by atoms with E-state index < -0.39 is 18.0 Å². The first-order valence-electron chi connectivity index (χ1n) is 7.90. The highest BCUT2D eigenvalue weighted by Crippen LogP contribution is 2.21. The summed E-state index contributed by atoms with van der Waals surface area (Å²) in [7, 11) is 1.95. The molecule has 0 aromatic heterocycles. The summed E-state index contributed by atoms with van der Waals surface area (Å²) in [5.41, 5.74) is 0.912. The Morgan fingerprint density at radius 2 is 2.00 bits per heavy atom. The summed E-state index contributed by atoms with van der Waals surface area (Å²) < 4.78 is 5.33. The molecule has 23 heavy (non-hydrogen) atoms. The van der Waals surface area contributed by atoms with Gasteiger partial charge in [0, 0.05) is 19.1 Å². The van der Waals surface area contributed by atoms with Crippen LogP contribution in [0, 0.1) is 5.92 Å². The molecule has 0 spiro atoms. The number of likely N-dealkylation sites (tertiary alicyclic amines) is 1. The van der Waals surface area contributed by atoms with E-state index in [4.69, 9.17) is 4.74 Å². The Morgan fingerprint density at radius 3 is 2.61 bits per heavy atom. The minimum Gasteiger partial charge on any atom is -0.481 e.